The van der Waals surface area contributed by atoms with Crippen LogP contribution in [-0.4, -0.2) is 47.8 Å². The number of ether oxygens (including phenoxy) is 2. The van der Waals surface area contributed by atoms with Gasteiger partial charge in [-0.2, -0.15) is 13.1 Å². The summed E-state index contributed by atoms with van der Waals surface area (Å²) in [5.74, 6) is 2.34. The fourth-order valence-corrected chi connectivity index (χ4v) is 6.61. The van der Waals surface area contributed by atoms with Crippen LogP contribution >= 0.6 is 0 Å². The lowest BCUT2D eigenvalue weighted by Gasteiger charge is -2.22. The van der Waals surface area contributed by atoms with Crippen molar-refractivity contribution in [2.75, 3.05) is 14.2 Å². The number of hydrogen-bond acceptors (Lipinski definition) is 7. The minimum absolute atomic E-state index is 0.270. The van der Waals surface area contributed by atoms with E-state index in [1.165, 1.54) is 0 Å². The van der Waals surface area contributed by atoms with E-state index < -0.39 is 28.3 Å². The van der Waals surface area contributed by atoms with Gasteiger partial charge in [0, 0.05) is 36.2 Å². The minimum Gasteiger partial charge on any atom is -0.497 e. The number of nitrogens with zero attached hydrogens (tertiary/aromatic N) is 4. The monoisotopic (exact) mass is 691 g/mol. The molecule has 2 aromatic heterocycles. The largest absolute Gasteiger partial charge is 0.497 e. The number of nitrogens with one attached hydrogen (secondary N) is 3. The molecule has 0 bridgehead atoms. The number of imidazole rings is 2. The van der Waals surface area contributed by atoms with Crippen molar-refractivity contribution in [1.29, 1.82) is 0 Å². The van der Waals surface area contributed by atoms with Gasteiger partial charge in [0.15, 0.2) is 0 Å². The summed E-state index contributed by atoms with van der Waals surface area (Å²) < 4.78 is 46.4. The number of carbonyl (C=O) groups is 1. The lowest BCUT2D eigenvalue weighted by atomic mass is 10.1. The Labute approximate surface area is 290 Å². The Morgan fingerprint density at radius 1 is 0.660 bits per heavy atom. The van der Waals surface area contributed by atoms with E-state index >= 15 is 0 Å². The molecule has 0 aliphatic carbocycles. The van der Waals surface area contributed by atoms with Crippen molar-refractivity contribution >= 4 is 16.2 Å². The van der Waals surface area contributed by atoms with Crippen molar-refractivity contribution in [2.45, 2.75) is 24.9 Å². The minimum atomic E-state index is -4.42. The van der Waals surface area contributed by atoms with Gasteiger partial charge in [0.2, 0.25) is 0 Å². The molecule has 0 spiro atoms. The Bertz CT molecular complexity index is 2100. The molecule has 2 heterocycles. The predicted molar refractivity (Wildman–Crippen MR) is 190 cm³/mol. The SMILES string of the molecule is COc1ccc(-n2ccnc2[C@H](Cc2ccccc2)NC(=O)NS(=O)(=O)N[C@@H](Cc2ccccc2)c2nccn2-c2ccc(OC)cc2)cc1. The first-order valence-electron chi connectivity index (χ1n) is 15.9. The van der Waals surface area contributed by atoms with Crippen LogP contribution < -0.4 is 24.2 Å². The highest BCUT2D eigenvalue weighted by Crippen LogP contribution is 2.25. The van der Waals surface area contributed by atoms with E-state index in [9.17, 15) is 13.2 Å². The van der Waals surface area contributed by atoms with E-state index in [1.54, 1.807) is 43.6 Å². The molecular formula is C37H37N7O5S. The normalized spacial score (nSPS) is 12.5. The Morgan fingerprint density at radius 2 is 1.10 bits per heavy atom. The average Bonchev–Trinajstić information content (AvgIpc) is 3.83. The first-order valence-corrected chi connectivity index (χ1v) is 17.3. The number of aromatic nitrogens is 4. The van der Waals surface area contributed by atoms with E-state index in [0.717, 1.165) is 22.5 Å². The van der Waals surface area contributed by atoms with E-state index in [0.29, 0.717) is 29.6 Å². The molecule has 0 radical (unpaired) electrons. The molecule has 0 unspecified atom stereocenters. The van der Waals surface area contributed by atoms with Crippen molar-refractivity contribution in [3.05, 3.63) is 157 Å². The van der Waals surface area contributed by atoms with Gasteiger partial charge in [-0.05, 0) is 72.5 Å². The summed E-state index contributed by atoms with van der Waals surface area (Å²) in [6.07, 6.45) is 7.39. The zero-order valence-corrected chi connectivity index (χ0v) is 28.3. The lowest BCUT2D eigenvalue weighted by Crippen LogP contribution is -2.48. The highest BCUT2D eigenvalue weighted by atomic mass is 32.2. The summed E-state index contributed by atoms with van der Waals surface area (Å²) in [6.45, 7) is 0. The molecule has 50 heavy (non-hydrogen) atoms. The number of hydrogen-bond donors (Lipinski definition) is 3. The highest BCUT2D eigenvalue weighted by Gasteiger charge is 2.28. The average molecular weight is 692 g/mol. The Balaban J connectivity index is 1.25. The number of rotatable bonds is 14. The summed E-state index contributed by atoms with van der Waals surface area (Å²) in [7, 11) is -1.24. The maximum atomic E-state index is 13.7. The predicted octanol–water partition coefficient (Wildman–Crippen LogP) is 5.48. The Morgan fingerprint density at radius 3 is 1.56 bits per heavy atom. The van der Waals surface area contributed by atoms with Gasteiger partial charge in [-0.1, -0.05) is 60.7 Å². The fraction of sp³-hybridized carbons (Fsp3) is 0.162. The van der Waals surface area contributed by atoms with Gasteiger partial charge in [-0.15, -0.1) is 0 Å². The van der Waals surface area contributed by atoms with E-state index in [-0.39, 0.29) is 6.42 Å². The summed E-state index contributed by atoms with van der Waals surface area (Å²) in [5.41, 5.74) is 3.36. The van der Waals surface area contributed by atoms with Crippen LogP contribution in [0.15, 0.2) is 134 Å². The standard InChI is InChI=1S/C37H37N7O5S/c1-48-31-17-13-29(14-18-31)43-23-21-38-35(43)33(25-27-9-5-3-6-10-27)40-37(45)42-50(46,47)41-34(26-28-11-7-4-8-12-28)36-39-22-24-44(36)30-15-19-32(49-2)20-16-30/h3-24,33-34,41H,25-26H2,1-2H3,(H2,40,42,45)/t33-,34-/m0/s1. The smallest absolute Gasteiger partial charge is 0.330 e. The zero-order valence-electron chi connectivity index (χ0n) is 27.5. The maximum absolute atomic E-state index is 13.7. The van der Waals surface area contributed by atoms with Crippen molar-refractivity contribution in [2.24, 2.45) is 0 Å². The highest BCUT2D eigenvalue weighted by molar-refractivity contribution is 7.88. The number of carbonyl (C=O) groups excluding carboxylic acids is 1. The van der Waals surface area contributed by atoms with Gasteiger partial charge in [0.05, 0.1) is 26.3 Å². The van der Waals surface area contributed by atoms with Crippen LogP contribution in [0.25, 0.3) is 11.4 Å². The van der Waals surface area contributed by atoms with Crippen molar-refractivity contribution < 1.29 is 22.7 Å². The molecule has 2 amide bonds. The quantitative estimate of drug-likeness (QED) is 0.137. The third kappa shape index (κ3) is 8.38. The second kappa shape index (κ2) is 15.5. The molecule has 0 saturated heterocycles. The Hall–Kier alpha value is -5.92. The van der Waals surface area contributed by atoms with Gasteiger partial charge in [-0.3, -0.25) is 0 Å². The van der Waals surface area contributed by atoms with Gasteiger partial charge in [0.25, 0.3) is 0 Å². The van der Waals surface area contributed by atoms with Crippen LogP contribution in [0.2, 0.25) is 0 Å². The van der Waals surface area contributed by atoms with Crippen LogP contribution in [-0.2, 0) is 23.1 Å². The molecule has 4 aromatic carbocycles. The van der Waals surface area contributed by atoms with Crippen LogP contribution in [0.5, 0.6) is 11.5 Å². The summed E-state index contributed by atoms with van der Waals surface area (Å²) in [5, 5.41) is 2.85. The molecule has 6 rings (SSSR count). The summed E-state index contributed by atoms with van der Waals surface area (Å²) in [6, 6.07) is 31.3. The van der Waals surface area contributed by atoms with Crippen LogP contribution in [0, 0.1) is 0 Å². The number of benzene rings is 4. The summed E-state index contributed by atoms with van der Waals surface area (Å²) in [4.78, 5) is 22.6. The molecule has 256 valence electrons. The van der Waals surface area contributed by atoms with Crippen LogP contribution in [0.3, 0.4) is 0 Å². The number of amides is 2. The molecule has 13 heteroatoms. The molecule has 0 aliphatic heterocycles. The molecule has 0 fully saturated rings. The topological polar surface area (TPSA) is 141 Å². The zero-order chi connectivity index (χ0) is 34.9. The molecule has 6 aromatic rings. The second-order valence-corrected chi connectivity index (χ2v) is 12.8. The van der Waals surface area contributed by atoms with Crippen LogP contribution in [0.4, 0.5) is 4.79 Å². The second-order valence-electron chi connectivity index (χ2n) is 11.4. The van der Waals surface area contributed by atoms with Crippen LogP contribution in [0.1, 0.15) is 34.9 Å². The van der Waals surface area contributed by atoms with Crippen molar-refractivity contribution in [1.82, 2.24) is 33.9 Å². The fourth-order valence-electron chi connectivity index (χ4n) is 5.69. The Kier molecular flexibility index (Phi) is 10.6. The number of urea groups is 1. The molecule has 0 saturated carbocycles. The molecule has 0 aliphatic rings. The maximum Gasteiger partial charge on any atom is 0.330 e. The van der Waals surface area contributed by atoms with E-state index in [1.807, 2.05) is 114 Å². The lowest BCUT2D eigenvalue weighted by molar-refractivity contribution is 0.241. The van der Waals surface area contributed by atoms with Crippen molar-refractivity contribution in [3.63, 3.8) is 0 Å². The first kappa shape index (κ1) is 34.0. The van der Waals surface area contributed by atoms with Gasteiger partial charge < -0.3 is 23.9 Å². The van der Waals surface area contributed by atoms with E-state index in [4.69, 9.17) is 9.47 Å². The molecular weight excluding hydrogens is 655 g/mol. The summed E-state index contributed by atoms with van der Waals surface area (Å²) >= 11 is 0. The molecule has 2 atom stereocenters. The molecule has 12 nitrogen and oxygen atoms in total. The van der Waals surface area contributed by atoms with Gasteiger partial charge in [0.1, 0.15) is 23.1 Å². The molecule has 3 N–H and O–H groups in total. The van der Waals surface area contributed by atoms with Crippen molar-refractivity contribution in [3.8, 4) is 22.9 Å². The van der Waals surface area contributed by atoms with Gasteiger partial charge in [-0.25, -0.2) is 19.5 Å². The third-order valence-electron chi connectivity index (χ3n) is 8.06. The number of methoxy groups -OCH3 is 2. The van der Waals surface area contributed by atoms with Gasteiger partial charge >= 0.3 is 16.2 Å². The third-order valence-corrected chi connectivity index (χ3v) is 9.11. The first-order chi connectivity index (χ1) is 24.3. The van der Waals surface area contributed by atoms with E-state index in [2.05, 4.69) is 24.7 Å².